The number of guanidine groups is 1. The second-order valence-electron chi connectivity index (χ2n) is 7.06. The summed E-state index contributed by atoms with van der Waals surface area (Å²) in [5.74, 6) is 0.809. The highest BCUT2D eigenvalue weighted by atomic mass is 19.1. The molecule has 0 atom stereocenters. The van der Waals surface area contributed by atoms with Crippen LogP contribution in [0.2, 0.25) is 0 Å². The van der Waals surface area contributed by atoms with Crippen molar-refractivity contribution in [2.45, 2.75) is 12.8 Å². The molecule has 2 fully saturated rings. The molecule has 27 heavy (non-hydrogen) atoms. The van der Waals surface area contributed by atoms with Crippen molar-refractivity contribution in [3.63, 3.8) is 0 Å². The predicted molar refractivity (Wildman–Crippen MR) is 108 cm³/mol. The third-order valence-corrected chi connectivity index (χ3v) is 5.27. The molecule has 0 saturated carbocycles. The molecule has 2 heterocycles. The summed E-state index contributed by atoms with van der Waals surface area (Å²) < 4.78 is 19.4. The lowest BCUT2D eigenvalue weighted by atomic mass is 10.2. The molecule has 0 spiro atoms. The molecule has 0 bridgehead atoms. The van der Waals surface area contributed by atoms with Crippen LogP contribution in [-0.4, -0.2) is 88.4 Å². The predicted octanol–water partition coefficient (Wildman–Crippen LogP) is 1.64. The number of nitrogens with one attached hydrogen (secondary N) is 1. The molecule has 0 aliphatic carbocycles. The first-order valence-corrected chi connectivity index (χ1v) is 10.0. The van der Waals surface area contributed by atoms with E-state index in [1.54, 1.807) is 6.07 Å². The van der Waals surface area contributed by atoms with Crippen LogP contribution >= 0.6 is 0 Å². The van der Waals surface area contributed by atoms with Crippen LogP contribution in [0.3, 0.4) is 0 Å². The maximum absolute atomic E-state index is 14.0. The van der Waals surface area contributed by atoms with Gasteiger partial charge in [0.15, 0.2) is 5.96 Å². The van der Waals surface area contributed by atoms with Crippen molar-refractivity contribution >= 4 is 11.6 Å². The topological polar surface area (TPSA) is 43.3 Å². The van der Waals surface area contributed by atoms with Crippen molar-refractivity contribution in [3.05, 3.63) is 30.1 Å². The van der Waals surface area contributed by atoms with Crippen molar-refractivity contribution < 1.29 is 9.13 Å². The molecule has 0 unspecified atom stereocenters. The van der Waals surface area contributed by atoms with Crippen LogP contribution in [0.15, 0.2) is 29.3 Å². The summed E-state index contributed by atoms with van der Waals surface area (Å²) in [4.78, 5) is 11.3. The minimum Gasteiger partial charge on any atom is -0.379 e. The first-order chi connectivity index (χ1) is 13.3. The van der Waals surface area contributed by atoms with E-state index >= 15 is 0 Å². The Balaban J connectivity index is 1.35. The summed E-state index contributed by atoms with van der Waals surface area (Å²) in [6.45, 7) is 9.23. The molecule has 0 amide bonds. The number of aliphatic imine (C=N–C) groups is 1. The van der Waals surface area contributed by atoms with Crippen LogP contribution in [0.5, 0.6) is 0 Å². The number of rotatable bonds is 6. The molecule has 6 nitrogen and oxygen atoms in total. The molecule has 7 heteroatoms. The van der Waals surface area contributed by atoms with E-state index in [2.05, 4.69) is 25.0 Å². The van der Waals surface area contributed by atoms with Crippen molar-refractivity contribution in [1.82, 2.24) is 15.1 Å². The number of hydrogen-bond acceptors (Lipinski definition) is 4. The van der Waals surface area contributed by atoms with E-state index in [-0.39, 0.29) is 5.82 Å². The zero-order valence-electron chi connectivity index (χ0n) is 16.4. The molecular weight excluding hydrogens is 345 g/mol. The Morgan fingerprint density at radius 2 is 1.81 bits per heavy atom. The SMILES string of the molecule is CN=C(NCCCCN1CCOCC1)N1CCN(c2ccccc2F)CC1. The first-order valence-electron chi connectivity index (χ1n) is 10.0. The monoisotopic (exact) mass is 377 g/mol. The summed E-state index contributed by atoms with van der Waals surface area (Å²) >= 11 is 0. The largest absolute Gasteiger partial charge is 0.379 e. The Hall–Kier alpha value is -1.86. The lowest BCUT2D eigenvalue weighted by Gasteiger charge is -2.37. The smallest absolute Gasteiger partial charge is 0.193 e. The number of para-hydroxylation sites is 1. The van der Waals surface area contributed by atoms with Gasteiger partial charge in [-0.25, -0.2) is 4.39 Å². The Labute approximate surface area is 162 Å². The Bertz CT molecular complexity index is 598. The number of unbranched alkanes of at least 4 members (excludes halogenated alkanes) is 1. The molecule has 1 N–H and O–H groups in total. The minimum absolute atomic E-state index is 0.145. The van der Waals surface area contributed by atoms with Gasteiger partial charge in [-0.3, -0.25) is 9.89 Å². The molecule has 2 aliphatic heterocycles. The lowest BCUT2D eigenvalue weighted by molar-refractivity contribution is 0.0372. The van der Waals surface area contributed by atoms with E-state index in [1.807, 2.05) is 19.2 Å². The average Bonchev–Trinajstić information content (AvgIpc) is 2.72. The van der Waals surface area contributed by atoms with Gasteiger partial charge >= 0.3 is 0 Å². The van der Waals surface area contributed by atoms with Crippen molar-refractivity contribution in [2.75, 3.05) is 77.5 Å². The summed E-state index contributed by atoms with van der Waals surface area (Å²) in [5, 5.41) is 3.48. The van der Waals surface area contributed by atoms with Crippen LogP contribution in [-0.2, 0) is 4.74 Å². The minimum atomic E-state index is -0.145. The number of hydrogen-bond donors (Lipinski definition) is 1. The fraction of sp³-hybridized carbons (Fsp3) is 0.650. The zero-order chi connectivity index (χ0) is 18.9. The van der Waals surface area contributed by atoms with Gasteiger partial charge in [-0.15, -0.1) is 0 Å². The van der Waals surface area contributed by atoms with Gasteiger partial charge in [0.25, 0.3) is 0 Å². The molecule has 1 aromatic carbocycles. The van der Waals surface area contributed by atoms with Gasteiger partial charge in [0, 0.05) is 52.9 Å². The number of benzene rings is 1. The highest BCUT2D eigenvalue weighted by Gasteiger charge is 2.21. The van der Waals surface area contributed by atoms with Crippen molar-refractivity contribution in [3.8, 4) is 0 Å². The van der Waals surface area contributed by atoms with Crippen LogP contribution in [0.4, 0.5) is 10.1 Å². The number of piperazine rings is 1. The molecule has 2 saturated heterocycles. The number of ether oxygens (including phenoxy) is 1. The average molecular weight is 378 g/mol. The normalized spacial score (nSPS) is 19.4. The fourth-order valence-corrected chi connectivity index (χ4v) is 3.68. The standard InChI is InChI=1S/C20H32FN5O/c1-22-20(23-8-4-5-9-24-14-16-27-17-15-24)26-12-10-25(11-13-26)19-7-3-2-6-18(19)21/h2-3,6-7H,4-5,8-17H2,1H3,(H,22,23). The van der Waals surface area contributed by atoms with Gasteiger partial charge < -0.3 is 19.9 Å². The first kappa shape index (κ1) is 19.9. The highest BCUT2D eigenvalue weighted by molar-refractivity contribution is 5.80. The van der Waals surface area contributed by atoms with Crippen LogP contribution in [0.1, 0.15) is 12.8 Å². The molecule has 0 aromatic heterocycles. The molecule has 3 rings (SSSR count). The van der Waals surface area contributed by atoms with Crippen LogP contribution in [0.25, 0.3) is 0 Å². The third-order valence-electron chi connectivity index (χ3n) is 5.27. The van der Waals surface area contributed by atoms with E-state index in [0.29, 0.717) is 5.69 Å². The maximum Gasteiger partial charge on any atom is 0.193 e. The Morgan fingerprint density at radius 1 is 1.07 bits per heavy atom. The van der Waals surface area contributed by atoms with Crippen molar-refractivity contribution in [1.29, 1.82) is 0 Å². The fourth-order valence-electron chi connectivity index (χ4n) is 3.68. The summed E-state index contributed by atoms with van der Waals surface area (Å²) in [6.07, 6.45) is 2.32. The van der Waals surface area contributed by atoms with Gasteiger partial charge in [-0.05, 0) is 31.5 Å². The molecule has 1 aromatic rings. The molecule has 150 valence electrons. The highest BCUT2D eigenvalue weighted by Crippen LogP contribution is 2.20. The number of anilines is 1. The quantitative estimate of drug-likeness (QED) is 0.464. The Kier molecular flexibility index (Phi) is 7.71. The van der Waals surface area contributed by atoms with E-state index in [4.69, 9.17) is 4.74 Å². The van der Waals surface area contributed by atoms with Crippen LogP contribution < -0.4 is 10.2 Å². The summed E-state index contributed by atoms with van der Waals surface area (Å²) in [6, 6.07) is 7.01. The van der Waals surface area contributed by atoms with Gasteiger partial charge in [-0.2, -0.15) is 0 Å². The van der Waals surface area contributed by atoms with E-state index < -0.39 is 0 Å². The Morgan fingerprint density at radius 3 is 2.52 bits per heavy atom. The van der Waals surface area contributed by atoms with Gasteiger partial charge in [0.1, 0.15) is 5.82 Å². The summed E-state index contributed by atoms with van der Waals surface area (Å²) in [5.41, 5.74) is 0.697. The van der Waals surface area contributed by atoms with E-state index in [0.717, 1.165) is 78.0 Å². The second-order valence-corrected chi connectivity index (χ2v) is 7.06. The van der Waals surface area contributed by atoms with Gasteiger partial charge in [0.2, 0.25) is 0 Å². The van der Waals surface area contributed by atoms with E-state index in [9.17, 15) is 4.39 Å². The number of halogens is 1. The van der Waals surface area contributed by atoms with E-state index in [1.165, 1.54) is 12.5 Å². The third kappa shape index (κ3) is 5.81. The molecule has 2 aliphatic rings. The zero-order valence-corrected chi connectivity index (χ0v) is 16.4. The second kappa shape index (κ2) is 10.5. The summed E-state index contributed by atoms with van der Waals surface area (Å²) in [7, 11) is 1.83. The van der Waals surface area contributed by atoms with Crippen molar-refractivity contribution in [2.24, 2.45) is 4.99 Å². The maximum atomic E-state index is 14.0. The molecular formula is C20H32FN5O. The van der Waals surface area contributed by atoms with Gasteiger partial charge in [0.05, 0.1) is 18.9 Å². The lowest BCUT2D eigenvalue weighted by Crippen LogP contribution is -2.52. The number of morpholine rings is 1. The van der Waals surface area contributed by atoms with Gasteiger partial charge in [-0.1, -0.05) is 12.1 Å². The molecule has 0 radical (unpaired) electrons. The van der Waals surface area contributed by atoms with Crippen LogP contribution in [0, 0.1) is 5.82 Å². The number of nitrogens with zero attached hydrogens (tertiary/aromatic N) is 4.